The van der Waals surface area contributed by atoms with Crippen molar-refractivity contribution in [1.82, 2.24) is 4.98 Å². The first-order valence-electron chi connectivity index (χ1n) is 5.62. The Labute approximate surface area is 113 Å². The van der Waals surface area contributed by atoms with Crippen LogP contribution in [0.25, 0.3) is 0 Å². The van der Waals surface area contributed by atoms with E-state index in [9.17, 15) is 14.9 Å². The second-order valence-electron chi connectivity index (χ2n) is 3.87. The van der Waals surface area contributed by atoms with Gasteiger partial charge in [-0.25, -0.2) is 4.79 Å². The van der Waals surface area contributed by atoms with Gasteiger partial charge in [-0.05, 0) is 12.1 Å². The van der Waals surface area contributed by atoms with Crippen LogP contribution in [0.1, 0.15) is 15.9 Å². The van der Waals surface area contributed by atoms with Gasteiger partial charge in [-0.15, -0.1) is 0 Å². The van der Waals surface area contributed by atoms with Crippen LogP contribution in [0.2, 0.25) is 0 Å². The molecular formula is C13H10N2O5. The third-order valence-corrected chi connectivity index (χ3v) is 2.53. The molecule has 0 bridgehead atoms. The summed E-state index contributed by atoms with van der Waals surface area (Å²) in [4.78, 5) is 25.2. The monoisotopic (exact) mass is 274 g/mol. The van der Waals surface area contributed by atoms with Crippen LogP contribution in [-0.4, -0.2) is 21.0 Å². The van der Waals surface area contributed by atoms with Crippen molar-refractivity contribution in [2.24, 2.45) is 0 Å². The molecule has 1 aromatic heterocycles. The quantitative estimate of drug-likeness (QED) is 0.662. The molecule has 0 aliphatic rings. The highest BCUT2D eigenvalue weighted by Crippen LogP contribution is 2.31. The molecule has 102 valence electrons. The van der Waals surface area contributed by atoms with E-state index in [0.29, 0.717) is 5.56 Å². The smallest absolute Gasteiger partial charge is 0.339 e. The predicted molar refractivity (Wildman–Crippen MR) is 68.6 cm³/mol. The zero-order valence-electron chi connectivity index (χ0n) is 10.2. The van der Waals surface area contributed by atoms with Crippen LogP contribution < -0.4 is 4.74 Å². The van der Waals surface area contributed by atoms with Crippen molar-refractivity contribution in [1.29, 1.82) is 0 Å². The molecule has 20 heavy (non-hydrogen) atoms. The van der Waals surface area contributed by atoms with Gasteiger partial charge in [-0.2, -0.15) is 0 Å². The first-order chi connectivity index (χ1) is 9.59. The Balaban J connectivity index is 2.33. The number of pyridine rings is 1. The average Bonchev–Trinajstić information content (AvgIpc) is 2.45. The third-order valence-electron chi connectivity index (χ3n) is 2.53. The second-order valence-corrected chi connectivity index (χ2v) is 3.87. The van der Waals surface area contributed by atoms with Gasteiger partial charge in [0.15, 0.2) is 0 Å². The molecular weight excluding hydrogens is 264 g/mol. The van der Waals surface area contributed by atoms with Gasteiger partial charge in [0.2, 0.25) is 5.75 Å². The highest BCUT2D eigenvalue weighted by molar-refractivity contribution is 5.92. The minimum atomic E-state index is -1.28. The van der Waals surface area contributed by atoms with E-state index in [2.05, 4.69) is 4.98 Å². The van der Waals surface area contributed by atoms with Crippen molar-refractivity contribution in [2.75, 3.05) is 0 Å². The van der Waals surface area contributed by atoms with Gasteiger partial charge in [-0.3, -0.25) is 15.1 Å². The summed E-state index contributed by atoms with van der Waals surface area (Å²) in [6.45, 7) is -0.00102. The fraction of sp³-hybridized carbons (Fsp3) is 0.0769. The number of aromatic carboxylic acids is 1. The molecule has 0 unspecified atom stereocenters. The van der Waals surface area contributed by atoms with E-state index in [1.165, 1.54) is 24.4 Å². The molecule has 7 heteroatoms. The lowest BCUT2D eigenvalue weighted by Crippen LogP contribution is -2.06. The normalized spacial score (nSPS) is 10.0. The highest BCUT2D eigenvalue weighted by atomic mass is 16.6. The predicted octanol–water partition coefficient (Wildman–Crippen LogP) is 2.27. The van der Waals surface area contributed by atoms with Gasteiger partial charge >= 0.3 is 11.7 Å². The summed E-state index contributed by atoms with van der Waals surface area (Å²) in [5, 5.41) is 20.0. The number of benzene rings is 1. The average molecular weight is 274 g/mol. The van der Waals surface area contributed by atoms with Gasteiger partial charge in [0.05, 0.1) is 4.92 Å². The van der Waals surface area contributed by atoms with E-state index >= 15 is 0 Å². The molecule has 2 aromatic rings. The fourth-order valence-electron chi connectivity index (χ4n) is 1.63. The molecule has 0 amide bonds. The van der Waals surface area contributed by atoms with E-state index in [1.54, 1.807) is 18.3 Å². The summed E-state index contributed by atoms with van der Waals surface area (Å²) >= 11 is 0. The van der Waals surface area contributed by atoms with Crippen molar-refractivity contribution in [3.63, 3.8) is 0 Å². The number of carboxylic acid groups (broad SMARTS) is 1. The van der Waals surface area contributed by atoms with Crippen molar-refractivity contribution < 1.29 is 19.6 Å². The number of hydrogen-bond donors (Lipinski definition) is 1. The number of aromatic nitrogens is 1. The number of ether oxygens (including phenoxy) is 1. The Morgan fingerprint density at radius 2 is 2.15 bits per heavy atom. The van der Waals surface area contributed by atoms with Crippen LogP contribution in [0.5, 0.6) is 5.75 Å². The number of rotatable bonds is 5. The van der Waals surface area contributed by atoms with Gasteiger partial charge in [-0.1, -0.05) is 12.1 Å². The van der Waals surface area contributed by atoms with E-state index in [1.807, 2.05) is 0 Å². The van der Waals surface area contributed by atoms with Gasteiger partial charge in [0, 0.05) is 24.0 Å². The largest absolute Gasteiger partial charge is 0.481 e. The van der Waals surface area contributed by atoms with Gasteiger partial charge < -0.3 is 9.84 Å². The maximum atomic E-state index is 11.1. The maximum absolute atomic E-state index is 11.1. The molecule has 0 aliphatic carbocycles. The molecule has 0 aliphatic heterocycles. The van der Waals surface area contributed by atoms with Crippen LogP contribution in [0.15, 0.2) is 42.7 Å². The van der Waals surface area contributed by atoms with Crippen molar-refractivity contribution in [2.45, 2.75) is 6.61 Å². The van der Waals surface area contributed by atoms with Crippen LogP contribution in [0, 0.1) is 10.1 Å². The summed E-state index contributed by atoms with van der Waals surface area (Å²) in [6, 6.07) is 7.18. The number of para-hydroxylation sites is 1. The first-order valence-corrected chi connectivity index (χ1v) is 5.62. The molecule has 0 spiro atoms. The lowest BCUT2D eigenvalue weighted by atomic mass is 10.1. The second kappa shape index (κ2) is 5.79. The maximum Gasteiger partial charge on any atom is 0.339 e. The Morgan fingerprint density at radius 3 is 2.75 bits per heavy atom. The van der Waals surface area contributed by atoms with Crippen LogP contribution in [0.3, 0.4) is 0 Å². The van der Waals surface area contributed by atoms with E-state index in [4.69, 9.17) is 9.84 Å². The van der Waals surface area contributed by atoms with Crippen LogP contribution >= 0.6 is 0 Å². The fourth-order valence-corrected chi connectivity index (χ4v) is 1.63. The molecule has 0 fully saturated rings. The summed E-state index contributed by atoms with van der Waals surface area (Å²) in [5.41, 5.74) is 0.0545. The van der Waals surface area contributed by atoms with E-state index in [-0.39, 0.29) is 23.6 Å². The molecule has 7 nitrogen and oxygen atoms in total. The summed E-state index contributed by atoms with van der Waals surface area (Å²) < 4.78 is 5.31. The van der Waals surface area contributed by atoms with E-state index in [0.717, 1.165) is 0 Å². The summed E-state index contributed by atoms with van der Waals surface area (Å²) in [7, 11) is 0. The summed E-state index contributed by atoms with van der Waals surface area (Å²) in [5.74, 6) is -1.54. The Hall–Kier alpha value is -2.96. The van der Waals surface area contributed by atoms with Gasteiger partial charge in [0.1, 0.15) is 12.2 Å². The molecule has 0 radical (unpaired) electrons. The van der Waals surface area contributed by atoms with E-state index < -0.39 is 10.9 Å². The van der Waals surface area contributed by atoms with Crippen LogP contribution in [-0.2, 0) is 6.61 Å². The zero-order chi connectivity index (χ0) is 14.5. The Morgan fingerprint density at radius 1 is 1.35 bits per heavy atom. The number of nitro benzene ring substituents is 1. The molecule has 0 saturated heterocycles. The topological polar surface area (TPSA) is 103 Å². The molecule has 0 atom stereocenters. The molecule has 1 aromatic carbocycles. The van der Waals surface area contributed by atoms with Gasteiger partial charge in [0.25, 0.3) is 0 Å². The standard InChI is InChI=1S/C13H10N2O5/c16-13(17)10-4-1-5-11(15(18)19)12(10)20-8-9-3-2-6-14-7-9/h1-7H,8H2,(H,16,17). The Kier molecular flexibility index (Phi) is 3.90. The molecule has 1 heterocycles. The molecule has 1 N–H and O–H groups in total. The number of carbonyl (C=O) groups is 1. The van der Waals surface area contributed by atoms with Crippen molar-refractivity contribution >= 4 is 11.7 Å². The van der Waals surface area contributed by atoms with Crippen molar-refractivity contribution in [3.8, 4) is 5.75 Å². The number of hydrogen-bond acceptors (Lipinski definition) is 5. The lowest BCUT2D eigenvalue weighted by molar-refractivity contribution is -0.386. The van der Waals surface area contributed by atoms with Crippen LogP contribution in [0.4, 0.5) is 5.69 Å². The molecule has 0 saturated carbocycles. The highest BCUT2D eigenvalue weighted by Gasteiger charge is 2.22. The third kappa shape index (κ3) is 2.89. The molecule has 2 rings (SSSR count). The first kappa shape index (κ1) is 13.5. The lowest BCUT2D eigenvalue weighted by Gasteiger charge is -2.09. The SMILES string of the molecule is O=C(O)c1cccc([N+](=O)[O-])c1OCc1cccnc1. The number of carboxylic acids is 1. The number of nitrogens with zero attached hydrogens (tertiary/aromatic N) is 2. The Bertz CT molecular complexity index is 610. The number of nitro groups is 1. The minimum absolute atomic E-state index is 0.00102. The van der Waals surface area contributed by atoms with Crippen molar-refractivity contribution in [3.05, 3.63) is 64.0 Å². The summed E-state index contributed by atoms with van der Waals surface area (Å²) in [6.07, 6.45) is 3.12. The minimum Gasteiger partial charge on any atom is -0.481 e. The zero-order valence-corrected chi connectivity index (χ0v) is 10.2.